The summed E-state index contributed by atoms with van der Waals surface area (Å²) >= 11 is 0. The molecule has 0 saturated heterocycles. The van der Waals surface area contributed by atoms with Crippen molar-refractivity contribution in [1.29, 1.82) is 0 Å². The van der Waals surface area contributed by atoms with Gasteiger partial charge in [-0.1, -0.05) is 57.0 Å². The van der Waals surface area contributed by atoms with Crippen LogP contribution in [0, 0.1) is 0 Å². The van der Waals surface area contributed by atoms with E-state index in [1.54, 1.807) is 0 Å². The van der Waals surface area contributed by atoms with E-state index in [1.165, 1.54) is 31.2 Å². The van der Waals surface area contributed by atoms with Gasteiger partial charge in [-0.3, -0.25) is 0 Å². The van der Waals surface area contributed by atoms with Crippen LogP contribution in [0.3, 0.4) is 0 Å². The van der Waals surface area contributed by atoms with Crippen LogP contribution in [0.25, 0.3) is 0 Å². The number of rotatable bonds is 7. The molecule has 1 heteroatoms. The molecule has 16 heavy (non-hydrogen) atoms. The van der Waals surface area contributed by atoms with Crippen LogP contribution in [0.15, 0.2) is 30.3 Å². The van der Waals surface area contributed by atoms with Gasteiger partial charge in [0, 0.05) is 6.04 Å². The van der Waals surface area contributed by atoms with Crippen LogP contribution in [-0.4, -0.2) is 13.1 Å². The first-order valence-electron chi connectivity index (χ1n) is 6.55. The van der Waals surface area contributed by atoms with E-state index in [2.05, 4.69) is 56.5 Å². The molecule has 0 aliphatic rings. The van der Waals surface area contributed by atoms with Gasteiger partial charge in [-0.15, -0.1) is 0 Å². The lowest BCUT2D eigenvalue weighted by Gasteiger charge is -2.27. The van der Waals surface area contributed by atoms with Crippen molar-refractivity contribution in [1.82, 2.24) is 5.32 Å². The lowest BCUT2D eigenvalue weighted by Crippen LogP contribution is -2.32. The highest BCUT2D eigenvalue weighted by Gasteiger charge is 2.19. The third-order valence-corrected chi connectivity index (χ3v) is 3.28. The van der Waals surface area contributed by atoms with Crippen LogP contribution in [0.1, 0.15) is 51.0 Å². The van der Waals surface area contributed by atoms with E-state index in [4.69, 9.17) is 0 Å². The van der Waals surface area contributed by atoms with Gasteiger partial charge >= 0.3 is 0 Å². The molecule has 0 aliphatic heterocycles. The molecule has 1 nitrogen and oxygen atoms in total. The Morgan fingerprint density at radius 3 is 2.12 bits per heavy atom. The molecule has 0 fully saturated rings. The Bertz CT molecular complexity index is 268. The molecule has 0 spiro atoms. The van der Waals surface area contributed by atoms with Gasteiger partial charge in [0.15, 0.2) is 0 Å². The second-order valence-electron chi connectivity index (χ2n) is 4.49. The standard InChI is InChI=1S/C15H25N/c1-4-9-14(15(16-3)10-5-2)13-11-7-6-8-12-13/h6-8,11-12,14-16H,4-5,9-10H2,1-3H3. The Kier molecular flexibility index (Phi) is 6.17. The van der Waals surface area contributed by atoms with Gasteiger partial charge in [0.1, 0.15) is 0 Å². The van der Waals surface area contributed by atoms with E-state index in [0.717, 1.165) is 0 Å². The molecule has 2 atom stereocenters. The Morgan fingerprint density at radius 1 is 1.00 bits per heavy atom. The van der Waals surface area contributed by atoms with Crippen molar-refractivity contribution in [3.8, 4) is 0 Å². The number of hydrogen-bond acceptors (Lipinski definition) is 1. The van der Waals surface area contributed by atoms with Crippen molar-refractivity contribution in [2.45, 2.75) is 51.5 Å². The zero-order valence-corrected chi connectivity index (χ0v) is 10.9. The van der Waals surface area contributed by atoms with E-state index in [-0.39, 0.29) is 0 Å². The highest BCUT2D eigenvalue weighted by Crippen LogP contribution is 2.27. The van der Waals surface area contributed by atoms with Crippen LogP contribution >= 0.6 is 0 Å². The summed E-state index contributed by atoms with van der Waals surface area (Å²) in [4.78, 5) is 0. The monoisotopic (exact) mass is 219 g/mol. The Hall–Kier alpha value is -0.820. The van der Waals surface area contributed by atoms with Crippen LogP contribution in [0.5, 0.6) is 0 Å². The maximum Gasteiger partial charge on any atom is 0.0133 e. The van der Waals surface area contributed by atoms with Crippen molar-refractivity contribution in [2.24, 2.45) is 0 Å². The van der Waals surface area contributed by atoms with Gasteiger partial charge in [0.25, 0.3) is 0 Å². The van der Waals surface area contributed by atoms with Crippen molar-refractivity contribution < 1.29 is 0 Å². The lowest BCUT2D eigenvalue weighted by molar-refractivity contribution is 0.409. The van der Waals surface area contributed by atoms with Crippen LogP contribution in [-0.2, 0) is 0 Å². The van der Waals surface area contributed by atoms with Gasteiger partial charge in [-0.2, -0.15) is 0 Å². The second-order valence-corrected chi connectivity index (χ2v) is 4.49. The first-order valence-corrected chi connectivity index (χ1v) is 6.55. The zero-order chi connectivity index (χ0) is 11.8. The van der Waals surface area contributed by atoms with Crippen molar-refractivity contribution in [3.05, 3.63) is 35.9 Å². The average Bonchev–Trinajstić information content (AvgIpc) is 2.35. The number of benzene rings is 1. The summed E-state index contributed by atoms with van der Waals surface area (Å²) in [5.41, 5.74) is 1.48. The SMILES string of the molecule is CCCC(NC)C(CCC)c1ccccc1. The highest BCUT2D eigenvalue weighted by molar-refractivity contribution is 5.21. The maximum absolute atomic E-state index is 3.49. The minimum Gasteiger partial charge on any atom is -0.316 e. The van der Waals surface area contributed by atoms with Crippen LogP contribution in [0.4, 0.5) is 0 Å². The normalized spacial score (nSPS) is 14.7. The summed E-state index contributed by atoms with van der Waals surface area (Å²) < 4.78 is 0. The van der Waals surface area contributed by atoms with Gasteiger partial charge < -0.3 is 5.32 Å². The molecule has 0 amide bonds. The molecule has 0 aromatic heterocycles. The van der Waals surface area contributed by atoms with Crippen LogP contribution in [0.2, 0.25) is 0 Å². The molecule has 0 heterocycles. The Balaban J connectivity index is 2.80. The third kappa shape index (κ3) is 3.64. The summed E-state index contributed by atoms with van der Waals surface area (Å²) in [6, 6.07) is 11.5. The van der Waals surface area contributed by atoms with E-state index < -0.39 is 0 Å². The first-order chi connectivity index (χ1) is 7.83. The molecule has 0 aliphatic carbocycles. The first kappa shape index (κ1) is 13.2. The fourth-order valence-electron chi connectivity index (χ4n) is 2.47. The molecule has 0 radical (unpaired) electrons. The average molecular weight is 219 g/mol. The molecule has 1 aromatic rings. The molecule has 1 aromatic carbocycles. The summed E-state index contributed by atoms with van der Waals surface area (Å²) in [5.74, 6) is 0.663. The third-order valence-electron chi connectivity index (χ3n) is 3.28. The van der Waals surface area contributed by atoms with Gasteiger partial charge in [-0.25, -0.2) is 0 Å². The van der Waals surface area contributed by atoms with E-state index in [9.17, 15) is 0 Å². The molecular formula is C15H25N. The van der Waals surface area contributed by atoms with Gasteiger partial charge in [0.05, 0.1) is 0 Å². The summed E-state index contributed by atoms with van der Waals surface area (Å²) in [6.45, 7) is 4.53. The largest absolute Gasteiger partial charge is 0.316 e. The minimum absolute atomic E-state index is 0.618. The van der Waals surface area contributed by atoms with Crippen molar-refractivity contribution >= 4 is 0 Å². The number of likely N-dealkylation sites (N-methyl/N-ethyl adjacent to an activating group) is 1. The van der Waals surface area contributed by atoms with E-state index in [1.807, 2.05) is 0 Å². The smallest absolute Gasteiger partial charge is 0.0133 e. The van der Waals surface area contributed by atoms with Crippen molar-refractivity contribution in [2.75, 3.05) is 7.05 Å². The molecule has 0 bridgehead atoms. The van der Waals surface area contributed by atoms with Crippen LogP contribution < -0.4 is 5.32 Å². The maximum atomic E-state index is 3.49. The molecule has 1 N–H and O–H groups in total. The molecular weight excluding hydrogens is 194 g/mol. The molecule has 0 saturated carbocycles. The number of hydrogen-bond donors (Lipinski definition) is 1. The summed E-state index contributed by atoms with van der Waals surface area (Å²) in [6.07, 6.45) is 5.03. The quantitative estimate of drug-likeness (QED) is 0.732. The minimum atomic E-state index is 0.618. The Morgan fingerprint density at radius 2 is 1.62 bits per heavy atom. The second kappa shape index (κ2) is 7.45. The highest BCUT2D eigenvalue weighted by atomic mass is 14.9. The molecule has 90 valence electrons. The van der Waals surface area contributed by atoms with Crippen molar-refractivity contribution in [3.63, 3.8) is 0 Å². The number of nitrogens with one attached hydrogen (secondary N) is 1. The summed E-state index contributed by atoms with van der Waals surface area (Å²) in [7, 11) is 2.09. The predicted molar refractivity (Wildman–Crippen MR) is 71.8 cm³/mol. The lowest BCUT2D eigenvalue weighted by atomic mass is 9.85. The predicted octanol–water partition coefficient (Wildman–Crippen LogP) is 3.96. The fourth-order valence-corrected chi connectivity index (χ4v) is 2.47. The zero-order valence-electron chi connectivity index (χ0n) is 10.9. The topological polar surface area (TPSA) is 12.0 Å². The Labute approximate surface area is 100 Å². The van der Waals surface area contributed by atoms with E-state index >= 15 is 0 Å². The van der Waals surface area contributed by atoms with Gasteiger partial charge in [0.2, 0.25) is 0 Å². The fraction of sp³-hybridized carbons (Fsp3) is 0.600. The summed E-state index contributed by atoms with van der Waals surface area (Å²) in [5, 5.41) is 3.49. The van der Waals surface area contributed by atoms with E-state index in [0.29, 0.717) is 12.0 Å². The van der Waals surface area contributed by atoms with Gasteiger partial charge in [-0.05, 0) is 31.4 Å². The molecule has 1 rings (SSSR count). The molecule has 2 unspecified atom stereocenters.